The van der Waals surface area contributed by atoms with Gasteiger partial charge in [0.05, 0.1) is 6.61 Å². The number of unbranched alkanes of at least 4 members (excludes halogenated alkanes) is 12. The van der Waals surface area contributed by atoms with E-state index in [1.165, 1.54) is 6.42 Å². The molecule has 0 bridgehead atoms. The van der Waals surface area contributed by atoms with E-state index < -0.39 is 83.5 Å². The van der Waals surface area contributed by atoms with E-state index in [2.05, 4.69) is 60.9 Å². The van der Waals surface area contributed by atoms with Gasteiger partial charge in [-0.15, -0.1) is 0 Å². The summed E-state index contributed by atoms with van der Waals surface area (Å²) in [6.07, 6.45) is 21.5. The minimum Gasteiger partial charge on any atom is -0.462 e. The summed E-state index contributed by atoms with van der Waals surface area (Å²) in [5, 5.41) is 41.2. The molecule has 8 atom stereocenters. The van der Waals surface area contributed by atoms with Gasteiger partial charge < -0.3 is 44.6 Å². The fourth-order valence-electron chi connectivity index (χ4n) is 6.49. The third-order valence-electron chi connectivity index (χ3n) is 10.1. The van der Waals surface area contributed by atoms with Crippen molar-refractivity contribution in [3.63, 3.8) is 0 Å². The van der Waals surface area contributed by atoms with E-state index in [-0.39, 0.29) is 18.6 Å². The summed E-state index contributed by atoms with van der Waals surface area (Å²) in [7, 11) is -10.7. The minimum absolute atomic E-state index is 0.00287. The van der Waals surface area contributed by atoms with E-state index in [0.29, 0.717) is 25.7 Å². The summed E-state index contributed by atoms with van der Waals surface area (Å²) in [4.78, 5) is 66.3. The molecule has 0 spiro atoms. The summed E-state index contributed by atoms with van der Waals surface area (Å²) in [5.74, 6) is -1.27. The number of allylic oxidation sites excluding steroid dienone is 10. The topological polar surface area (TPSA) is 273 Å². The molecule has 5 unspecified atom stereocenters. The second-order valence-corrected chi connectivity index (χ2v) is 18.4. The first-order chi connectivity index (χ1) is 30.5. The molecular formula is C45H76O17P2. The molecule has 0 heterocycles. The van der Waals surface area contributed by atoms with Gasteiger partial charge in [-0.2, -0.15) is 0 Å². The minimum atomic E-state index is -5.38. The van der Waals surface area contributed by atoms with Crippen LogP contribution >= 0.6 is 15.6 Å². The number of carbonyl (C=O) groups excluding carboxylic acids is 3. The smallest absolute Gasteiger partial charge is 0.462 e. The van der Waals surface area contributed by atoms with Crippen molar-refractivity contribution in [1.82, 2.24) is 0 Å². The third kappa shape index (κ3) is 29.8. The van der Waals surface area contributed by atoms with Crippen molar-refractivity contribution in [3.8, 4) is 0 Å². The van der Waals surface area contributed by atoms with Gasteiger partial charge >= 0.3 is 27.6 Å². The Bertz CT molecular complexity index is 1540. The highest BCUT2D eigenvalue weighted by atomic mass is 31.2. The van der Waals surface area contributed by atoms with Crippen molar-refractivity contribution < 1.29 is 81.7 Å². The van der Waals surface area contributed by atoms with Crippen LogP contribution in [-0.4, -0.2) is 109 Å². The molecule has 0 aromatic rings. The van der Waals surface area contributed by atoms with E-state index in [0.717, 1.165) is 89.9 Å². The third-order valence-corrected chi connectivity index (χ3v) is 11.6. The molecule has 1 aliphatic carbocycles. The van der Waals surface area contributed by atoms with Crippen LogP contribution in [0.4, 0.5) is 0 Å². The monoisotopic (exact) mass is 950 g/mol. The first-order valence-corrected chi connectivity index (χ1v) is 25.8. The summed E-state index contributed by atoms with van der Waals surface area (Å²) in [5.41, 5.74) is 0. The molecule has 64 heavy (non-hydrogen) atoms. The van der Waals surface area contributed by atoms with Crippen molar-refractivity contribution in [2.75, 3.05) is 13.2 Å². The van der Waals surface area contributed by atoms with Crippen LogP contribution in [0, 0.1) is 0 Å². The van der Waals surface area contributed by atoms with Crippen molar-refractivity contribution in [2.45, 2.75) is 191 Å². The SMILES string of the molecule is CC/C=C\C/C=C\C/C=C\CCCCCCCC(=O)O[C@H](COC(=O)CCCCCCCC(=O)/C=C/C=C\CCCCC)COP(=O)(O)O[C@H]1C(O)C(O)C(O)[C@@H](OP(=O)(O)O)C1O. The van der Waals surface area contributed by atoms with Crippen LogP contribution in [-0.2, 0) is 46.6 Å². The molecule has 0 radical (unpaired) electrons. The standard InChI is InChI=1S/C45H76O17P2/c1-3-5-7-9-11-12-13-14-15-16-17-18-20-24-29-33-39(48)60-37(34-58-38(47)32-28-25-21-23-27-31-36(46)30-26-22-19-10-8-6-4-2)35-59-64(56,57)62-45-42(51)40(49)41(50)44(43(45)52)61-63(53,54)55/h5,7,11-12,14-15,19,22,26,30,37,40-45,49-52H,3-4,6,8-10,13,16-18,20-21,23-25,27-29,31-35H2,1-2H3,(H,56,57)(H2,53,54,55)/b7-5-,12-11-,15-14-,22-19-,30-26+/t37-,40?,41?,42?,43?,44-,45+/m1/s1. The van der Waals surface area contributed by atoms with Gasteiger partial charge in [0.2, 0.25) is 0 Å². The zero-order valence-corrected chi connectivity index (χ0v) is 39.5. The first-order valence-electron chi connectivity index (χ1n) is 22.8. The number of hydrogen-bond donors (Lipinski definition) is 7. The van der Waals surface area contributed by atoms with Crippen molar-refractivity contribution in [3.05, 3.63) is 60.8 Å². The Kier molecular flexibility index (Phi) is 33.0. The fraction of sp³-hybridized carbons (Fsp3) is 0.711. The van der Waals surface area contributed by atoms with E-state index in [1.54, 1.807) is 12.2 Å². The summed E-state index contributed by atoms with van der Waals surface area (Å²) >= 11 is 0. The van der Waals surface area contributed by atoms with Crippen LogP contribution in [0.1, 0.15) is 149 Å². The molecule has 7 N–H and O–H groups in total. The molecule has 0 aromatic heterocycles. The molecule has 17 nitrogen and oxygen atoms in total. The lowest BCUT2D eigenvalue weighted by Gasteiger charge is -2.43. The Hall–Kier alpha value is -2.63. The number of ether oxygens (including phenoxy) is 2. The predicted molar refractivity (Wildman–Crippen MR) is 241 cm³/mol. The van der Waals surface area contributed by atoms with E-state index >= 15 is 0 Å². The average Bonchev–Trinajstić information content (AvgIpc) is 3.24. The highest BCUT2D eigenvalue weighted by Crippen LogP contribution is 2.49. The number of esters is 2. The second kappa shape index (κ2) is 35.5. The lowest BCUT2D eigenvalue weighted by atomic mass is 9.85. The van der Waals surface area contributed by atoms with Crippen LogP contribution in [0.15, 0.2) is 60.8 Å². The number of phosphoric acid groups is 2. The van der Waals surface area contributed by atoms with Crippen LogP contribution in [0.5, 0.6) is 0 Å². The Morgan fingerprint density at radius 3 is 1.72 bits per heavy atom. The molecule has 0 saturated heterocycles. The Labute approximate surface area is 379 Å². The maximum absolute atomic E-state index is 13.0. The highest BCUT2D eigenvalue weighted by Gasteiger charge is 2.54. The van der Waals surface area contributed by atoms with Gasteiger partial charge in [0.1, 0.15) is 43.2 Å². The maximum atomic E-state index is 13.0. The van der Waals surface area contributed by atoms with Crippen molar-refractivity contribution in [2.24, 2.45) is 0 Å². The van der Waals surface area contributed by atoms with Gasteiger partial charge in [0, 0.05) is 19.3 Å². The van der Waals surface area contributed by atoms with E-state index in [4.69, 9.17) is 28.3 Å². The number of aliphatic hydroxyl groups is 4. The molecule has 1 rings (SSSR count). The number of ketones is 1. The molecule has 0 aliphatic heterocycles. The number of carbonyl (C=O) groups is 3. The Morgan fingerprint density at radius 2 is 1.09 bits per heavy atom. The summed E-state index contributed by atoms with van der Waals surface area (Å²) in [6, 6.07) is 0. The number of rotatable bonds is 37. The van der Waals surface area contributed by atoms with Crippen LogP contribution in [0.2, 0.25) is 0 Å². The quantitative estimate of drug-likeness (QED) is 0.00795. The fourth-order valence-corrected chi connectivity index (χ4v) is 8.03. The lowest BCUT2D eigenvalue weighted by Crippen LogP contribution is -2.64. The van der Waals surface area contributed by atoms with E-state index in [1.807, 2.05) is 6.08 Å². The first kappa shape index (κ1) is 59.4. The molecule has 19 heteroatoms. The molecular weight excluding hydrogens is 874 g/mol. The van der Waals surface area contributed by atoms with Crippen LogP contribution < -0.4 is 0 Å². The number of hydrogen-bond acceptors (Lipinski definition) is 14. The Balaban J connectivity index is 2.66. The average molecular weight is 951 g/mol. The van der Waals surface area contributed by atoms with Gasteiger partial charge in [-0.05, 0) is 70.3 Å². The second-order valence-electron chi connectivity index (χ2n) is 15.8. The molecule has 0 amide bonds. The molecule has 1 saturated carbocycles. The molecule has 0 aromatic carbocycles. The van der Waals surface area contributed by atoms with Crippen molar-refractivity contribution >= 4 is 33.4 Å². The Morgan fingerprint density at radius 1 is 0.562 bits per heavy atom. The van der Waals surface area contributed by atoms with Gasteiger partial charge in [-0.25, -0.2) is 9.13 Å². The normalized spacial score (nSPS) is 22.3. The van der Waals surface area contributed by atoms with Crippen molar-refractivity contribution in [1.29, 1.82) is 0 Å². The number of phosphoric ester groups is 2. The molecule has 1 fully saturated rings. The van der Waals surface area contributed by atoms with Crippen LogP contribution in [0.3, 0.4) is 0 Å². The molecule has 1 aliphatic rings. The number of aliphatic hydroxyl groups excluding tert-OH is 4. The summed E-state index contributed by atoms with van der Waals surface area (Å²) < 4.78 is 49.2. The predicted octanol–water partition coefficient (Wildman–Crippen LogP) is 7.46. The van der Waals surface area contributed by atoms with Gasteiger partial charge in [0.15, 0.2) is 11.9 Å². The largest absolute Gasteiger partial charge is 0.472 e. The zero-order valence-electron chi connectivity index (χ0n) is 37.7. The zero-order chi connectivity index (χ0) is 47.6. The van der Waals surface area contributed by atoms with Gasteiger partial charge in [-0.1, -0.05) is 120 Å². The van der Waals surface area contributed by atoms with Gasteiger partial charge in [-0.3, -0.25) is 28.0 Å². The molecule has 368 valence electrons. The van der Waals surface area contributed by atoms with Gasteiger partial charge in [0.25, 0.3) is 0 Å². The maximum Gasteiger partial charge on any atom is 0.472 e. The lowest BCUT2D eigenvalue weighted by molar-refractivity contribution is -0.216. The van der Waals surface area contributed by atoms with Crippen LogP contribution in [0.25, 0.3) is 0 Å². The highest BCUT2D eigenvalue weighted by molar-refractivity contribution is 7.47. The summed E-state index contributed by atoms with van der Waals surface area (Å²) in [6.45, 7) is 2.81. The van der Waals surface area contributed by atoms with E-state index in [9.17, 15) is 48.8 Å².